The number of ketones is 1. The van der Waals surface area contributed by atoms with Gasteiger partial charge in [-0.25, -0.2) is 0 Å². The van der Waals surface area contributed by atoms with Crippen molar-refractivity contribution in [3.8, 4) is 5.75 Å². The number of carbonyl (C=O) groups is 1. The predicted molar refractivity (Wildman–Crippen MR) is 57.6 cm³/mol. The van der Waals surface area contributed by atoms with Crippen LogP contribution in [-0.4, -0.2) is 11.9 Å². The molecule has 1 heterocycles. The second-order valence-corrected chi connectivity index (χ2v) is 4.42. The van der Waals surface area contributed by atoms with Crippen molar-refractivity contribution < 1.29 is 9.53 Å². The third kappa shape index (κ3) is 1.82. The van der Waals surface area contributed by atoms with Gasteiger partial charge < -0.3 is 4.74 Å². The second kappa shape index (κ2) is 3.73. The Morgan fingerprint density at radius 1 is 1.57 bits per heavy atom. The van der Waals surface area contributed by atoms with Crippen LogP contribution in [0.5, 0.6) is 5.75 Å². The van der Waals surface area contributed by atoms with Crippen LogP contribution in [0.4, 0.5) is 0 Å². The fourth-order valence-corrected chi connectivity index (χ4v) is 2.05. The first kappa shape index (κ1) is 9.71. The number of hydrogen-bond donors (Lipinski definition) is 0. The maximum atomic E-state index is 11.1. The molecule has 1 aliphatic rings. The van der Waals surface area contributed by atoms with Gasteiger partial charge in [-0.3, -0.25) is 4.79 Å². The minimum atomic E-state index is -0.247. The zero-order valence-electron chi connectivity index (χ0n) is 7.92. The smallest absolute Gasteiger partial charge is 0.170 e. The quantitative estimate of drug-likeness (QED) is 0.771. The van der Waals surface area contributed by atoms with Gasteiger partial charge in [0.2, 0.25) is 0 Å². The van der Waals surface area contributed by atoms with E-state index in [1.807, 2.05) is 18.2 Å². The van der Waals surface area contributed by atoms with Gasteiger partial charge >= 0.3 is 0 Å². The molecule has 0 saturated heterocycles. The normalized spacial score (nSPS) is 19.7. The van der Waals surface area contributed by atoms with E-state index >= 15 is 0 Å². The van der Waals surface area contributed by atoms with E-state index in [9.17, 15) is 4.79 Å². The van der Waals surface area contributed by atoms with E-state index < -0.39 is 0 Å². The fraction of sp³-hybridized carbons (Fsp3) is 0.364. The molecule has 2 rings (SSSR count). The van der Waals surface area contributed by atoms with E-state index in [1.54, 1.807) is 6.92 Å². The van der Waals surface area contributed by atoms with E-state index in [0.717, 1.165) is 23.1 Å². The number of benzene rings is 1. The maximum absolute atomic E-state index is 11.1. The number of hydrogen-bond acceptors (Lipinski definition) is 2. The van der Waals surface area contributed by atoms with Crippen LogP contribution in [0.3, 0.4) is 0 Å². The molecular weight excluding hydrogens is 244 g/mol. The summed E-state index contributed by atoms with van der Waals surface area (Å²) in [6, 6.07) is 5.89. The van der Waals surface area contributed by atoms with Crippen LogP contribution in [0, 0.1) is 0 Å². The maximum Gasteiger partial charge on any atom is 0.170 e. The Morgan fingerprint density at radius 2 is 2.36 bits per heavy atom. The van der Waals surface area contributed by atoms with Crippen LogP contribution in [0.25, 0.3) is 0 Å². The van der Waals surface area contributed by atoms with Crippen LogP contribution >= 0.6 is 15.9 Å². The zero-order valence-corrected chi connectivity index (χ0v) is 9.50. The molecule has 1 aromatic rings. The Hall–Kier alpha value is -0.830. The summed E-state index contributed by atoms with van der Waals surface area (Å²) in [5.41, 5.74) is 1.18. The lowest BCUT2D eigenvalue weighted by atomic mass is 10.0. The zero-order chi connectivity index (χ0) is 10.1. The molecule has 0 aromatic heterocycles. The lowest BCUT2D eigenvalue weighted by molar-refractivity contribution is -0.124. The summed E-state index contributed by atoms with van der Waals surface area (Å²) in [6.45, 7) is 1.58. The summed E-state index contributed by atoms with van der Waals surface area (Å²) < 4.78 is 6.63. The molecule has 3 heteroatoms. The molecule has 1 atom stereocenters. The average molecular weight is 255 g/mol. The molecule has 0 saturated carbocycles. The first-order valence-corrected chi connectivity index (χ1v) is 5.41. The van der Waals surface area contributed by atoms with E-state index in [1.165, 1.54) is 5.56 Å². The second-order valence-electron chi connectivity index (χ2n) is 3.51. The largest absolute Gasteiger partial charge is 0.482 e. The monoisotopic (exact) mass is 254 g/mol. The predicted octanol–water partition coefficient (Wildman–Crippen LogP) is 2.73. The highest BCUT2D eigenvalue weighted by atomic mass is 79.9. The molecular formula is C11H11BrO2. The molecule has 0 N–H and O–H groups in total. The van der Waals surface area contributed by atoms with Crippen molar-refractivity contribution in [3.05, 3.63) is 28.2 Å². The number of rotatable bonds is 1. The highest BCUT2D eigenvalue weighted by Gasteiger charge is 2.22. The van der Waals surface area contributed by atoms with E-state index in [2.05, 4.69) is 15.9 Å². The van der Waals surface area contributed by atoms with Gasteiger partial charge in [0.15, 0.2) is 11.9 Å². The van der Waals surface area contributed by atoms with Crippen LogP contribution in [0.15, 0.2) is 22.7 Å². The summed E-state index contributed by atoms with van der Waals surface area (Å²) in [5, 5.41) is 0. The number of carbonyl (C=O) groups excluding carboxylic acids is 1. The Balaban J connectivity index is 2.27. The van der Waals surface area contributed by atoms with Crippen LogP contribution in [-0.2, 0) is 11.2 Å². The number of ether oxygens (including phenoxy) is 1. The molecule has 0 radical (unpaired) electrons. The van der Waals surface area contributed by atoms with Gasteiger partial charge in [-0.05, 0) is 43.5 Å². The van der Waals surface area contributed by atoms with Gasteiger partial charge in [0.25, 0.3) is 0 Å². The molecule has 0 fully saturated rings. The van der Waals surface area contributed by atoms with Crippen molar-refractivity contribution in [3.63, 3.8) is 0 Å². The minimum Gasteiger partial charge on any atom is -0.482 e. The summed E-state index contributed by atoms with van der Waals surface area (Å²) in [4.78, 5) is 11.1. The van der Waals surface area contributed by atoms with E-state index in [0.29, 0.717) is 0 Å². The van der Waals surface area contributed by atoms with Crippen molar-refractivity contribution in [2.75, 3.05) is 0 Å². The van der Waals surface area contributed by atoms with Gasteiger partial charge in [-0.15, -0.1) is 0 Å². The fourth-order valence-electron chi connectivity index (χ4n) is 1.64. The Morgan fingerprint density at radius 3 is 3.07 bits per heavy atom. The van der Waals surface area contributed by atoms with Crippen molar-refractivity contribution >= 4 is 21.7 Å². The molecule has 1 aromatic carbocycles. The highest BCUT2D eigenvalue weighted by molar-refractivity contribution is 9.10. The van der Waals surface area contributed by atoms with Crippen molar-refractivity contribution in [1.29, 1.82) is 0 Å². The van der Waals surface area contributed by atoms with Crippen LogP contribution in [0.1, 0.15) is 18.9 Å². The standard InChI is InChI=1S/C11H11BrO2/c1-7(13)10-4-2-8-6-9(12)3-5-11(8)14-10/h3,5-6,10H,2,4H2,1H3. The van der Waals surface area contributed by atoms with Gasteiger partial charge in [-0.1, -0.05) is 15.9 Å². The van der Waals surface area contributed by atoms with Crippen molar-refractivity contribution in [1.82, 2.24) is 0 Å². The molecule has 74 valence electrons. The third-order valence-corrected chi connectivity index (χ3v) is 2.91. The van der Waals surface area contributed by atoms with Gasteiger partial charge in [0.1, 0.15) is 5.75 Å². The average Bonchev–Trinajstić information content (AvgIpc) is 2.16. The molecule has 0 spiro atoms. The van der Waals surface area contributed by atoms with E-state index in [4.69, 9.17) is 4.74 Å². The van der Waals surface area contributed by atoms with Crippen LogP contribution in [0.2, 0.25) is 0 Å². The highest BCUT2D eigenvalue weighted by Crippen LogP contribution is 2.30. The third-order valence-electron chi connectivity index (χ3n) is 2.42. The van der Waals surface area contributed by atoms with Crippen molar-refractivity contribution in [2.24, 2.45) is 0 Å². The Bertz CT molecular complexity index is 374. The molecule has 1 aliphatic heterocycles. The first-order chi connectivity index (χ1) is 6.66. The Kier molecular flexibility index (Phi) is 2.59. The first-order valence-electron chi connectivity index (χ1n) is 4.62. The summed E-state index contributed by atoms with van der Waals surface area (Å²) >= 11 is 3.41. The van der Waals surface area contributed by atoms with Crippen molar-refractivity contribution in [2.45, 2.75) is 25.9 Å². The number of aryl methyl sites for hydroxylation is 1. The van der Waals surface area contributed by atoms with Gasteiger partial charge in [0.05, 0.1) is 0 Å². The van der Waals surface area contributed by atoms with Gasteiger partial charge in [0, 0.05) is 4.47 Å². The van der Waals surface area contributed by atoms with Crippen LogP contribution < -0.4 is 4.74 Å². The number of halogens is 1. The number of Topliss-reactive ketones (excluding diaryl/α,β-unsaturated/α-hetero) is 1. The topological polar surface area (TPSA) is 26.3 Å². The summed E-state index contributed by atoms with van der Waals surface area (Å²) in [7, 11) is 0. The molecule has 1 unspecified atom stereocenters. The molecule has 14 heavy (non-hydrogen) atoms. The molecule has 0 aliphatic carbocycles. The minimum absolute atomic E-state index is 0.110. The summed E-state index contributed by atoms with van der Waals surface area (Å²) in [5.74, 6) is 0.957. The van der Waals surface area contributed by atoms with Gasteiger partial charge in [-0.2, -0.15) is 0 Å². The Labute approximate surface area is 91.4 Å². The summed E-state index contributed by atoms with van der Waals surface area (Å²) in [6.07, 6.45) is 1.46. The molecule has 2 nitrogen and oxygen atoms in total. The lowest BCUT2D eigenvalue weighted by Crippen LogP contribution is -2.29. The molecule has 0 amide bonds. The molecule has 0 bridgehead atoms. The lowest BCUT2D eigenvalue weighted by Gasteiger charge is -2.24. The van der Waals surface area contributed by atoms with E-state index in [-0.39, 0.29) is 11.9 Å². The number of fused-ring (bicyclic) bond motifs is 1. The SMILES string of the molecule is CC(=O)C1CCc2cc(Br)ccc2O1.